The molecule has 216 valence electrons. The number of thiophene rings is 1. The SMILES string of the molecule is O=C(CSc1ccc(NC(=O)/C(=C/c2c(Cl)cccc2Cl)NC(=O)c2ccccc2)cc1)Nc1nc(-c2cccs2)cs1. The molecule has 0 unspecified atom stereocenters. The lowest BCUT2D eigenvalue weighted by Crippen LogP contribution is -2.30. The third kappa shape index (κ3) is 8.34. The van der Waals surface area contributed by atoms with Crippen molar-refractivity contribution in [3.63, 3.8) is 0 Å². The topological polar surface area (TPSA) is 100 Å². The summed E-state index contributed by atoms with van der Waals surface area (Å²) in [4.78, 5) is 45.0. The first-order valence-corrected chi connectivity index (χ1v) is 16.2. The van der Waals surface area contributed by atoms with Crippen LogP contribution in [-0.2, 0) is 9.59 Å². The van der Waals surface area contributed by atoms with Gasteiger partial charge in [0.05, 0.1) is 16.3 Å². The van der Waals surface area contributed by atoms with Crippen molar-refractivity contribution in [2.75, 3.05) is 16.4 Å². The number of thioether (sulfide) groups is 1. The molecule has 0 spiro atoms. The van der Waals surface area contributed by atoms with Crippen LogP contribution in [-0.4, -0.2) is 28.5 Å². The Balaban J connectivity index is 1.22. The normalized spacial score (nSPS) is 11.2. The average Bonchev–Trinajstić information content (AvgIpc) is 3.71. The Kier molecular flexibility index (Phi) is 10.3. The summed E-state index contributed by atoms with van der Waals surface area (Å²) in [5.41, 5.74) is 2.08. The number of carbonyl (C=O) groups is 3. The lowest BCUT2D eigenvalue weighted by molar-refractivity contribution is -0.114. The van der Waals surface area contributed by atoms with Gasteiger partial charge in [0.1, 0.15) is 5.70 Å². The van der Waals surface area contributed by atoms with Gasteiger partial charge in [-0.25, -0.2) is 4.98 Å². The fourth-order valence-corrected chi connectivity index (χ4v) is 6.43. The average molecular weight is 666 g/mol. The van der Waals surface area contributed by atoms with Gasteiger partial charge in [0.2, 0.25) is 5.91 Å². The maximum atomic E-state index is 13.3. The molecule has 3 aromatic carbocycles. The Morgan fingerprint density at radius 3 is 2.28 bits per heavy atom. The van der Waals surface area contributed by atoms with Crippen LogP contribution >= 0.6 is 57.6 Å². The summed E-state index contributed by atoms with van der Waals surface area (Å²) in [6.45, 7) is 0. The first kappa shape index (κ1) is 30.5. The van der Waals surface area contributed by atoms with Gasteiger partial charge in [0.15, 0.2) is 5.13 Å². The van der Waals surface area contributed by atoms with Crippen LogP contribution in [0.2, 0.25) is 10.0 Å². The number of nitrogens with one attached hydrogen (secondary N) is 3. The van der Waals surface area contributed by atoms with Gasteiger partial charge in [-0.05, 0) is 66.1 Å². The van der Waals surface area contributed by atoms with Gasteiger partial charge in [-0.2, -0.15) is 0 Å². The zero-order valence-corrected chi connectivity index (χ0v) is 26.1. The monoisotopic (exact) mass is 664 g/mol. The van der Waals surface area contributed by atoms with E-state index in [-0.39, 0.29) is 17.4 Å². The number of rotatable bonds is 10. The van der Waals surface area contributed by atoms with Gasteiger partial charge in [-0.1, -0.05) is 53.5 Å². The number of nitrogens with zero attached hydrogens (tertiary/aromatic N) is 1. The highest BCUT2D eigenvalue weighted by Gasteiger charge is 2.17. The Labute approximate surface area is 270 Å². The fraction of sp³-hybridized carbons (Fsp3) is 0.0323. The molecule has 3 N–H and O–H groups in total. The van der Waals surface area contributed by atoms with Crippen LogP contribution in [0.1, 0.15) is 15.9 Å². The predicted octanol–water partition coefficient (Wildman–Crippen LogP) is 8.32. The largest absolute Gasteiger partial charge is 0.321 e. The summed E-state index contributed by atoms with van der Waals surface area (Å²) in [6.07, 6.45) is 1.44. The molecule has 5 aromatic rings. The summed E-state index contributed by atoms with van der Waals surface area (Å²) in [5.74, 6) is -1.01. The summed E-state index contributed by atoms with van der Waals surface area (Å²) < 4.78 is 0. The van der Waals surface area contributed by atoms with Crippen LogP contribution in [0.15, 0.2) is 106 Å². The quantitative estimate of drug-likeness (QED) is 0.103. The van der Waals surface area contributed by atoms with Gasteiger partial charge in [-0.3, -0.25) is 14.4 Å². The molecule has 2 aromatic heterocycles. The molecule has 5 rings (SSSR count). The zero-order chi connectivity index (χ0) is 30.2. The molecule has 0 atom stereocenters. The number of anilines is 2. The number of aromatic nitrogens is 1. The second-order valence-corrected chi connectivity index (χ2v) is 12.5. The van der Waals surface area contributed by atoms with Crippen LogP contribution in [0, 0.1) is 0 Å². The van der Waals surface area contributed by atoms with E-state index in [1.165, 1.54) is 29.2 Å². The first-order valence-electron chi connectivity index (χ1n) is 12.7. The van der Waals surface area contributed by atoms with Crippen LogP contribution in [0.3, 0.4) is 0 Å². The summed E-state index contributed by atoms with van der Waals surface area (Å²) in [5, 5.41) is 13.4. The standard InChI is InChI=1S/C31H22Cl2N4O3S3/c32-23-8-4-9-24(33)22(23)16-25(35-29(39)19-6-2-1-3-7-19)30(40)34-20-11-13-21(14-12-20)42-18-28(38)37-31-36-26(17-43-31)27-10-5-15-41-27/h1-17H,18H2,(H,34,40)(H,35,39)(H,36,37,38)/b25-16-. The van der Waals surface area contributed by atoms with Crippen LogP contribution in [0.25, 0.3) is 16.6 Å². The van der Waals surface area contributed by atoms with Gasteiger partial charge in [0.25, 0.3) is 11.8 Å². The van der Waals surface area contributed by atoms with Crippen molar-refractivity contribution >= 4 is 92.3 Å². The number of amides is 3. The van der Waals surface area contributed by atoms with Crippen molar-refractivity contribution in [1.82, 2.24) is 10.3 Å². The summed E-state index contributed by atoms with van der Waals surface area (Å²) in [7, 11) is 0. The lowest BCUT2D eigenvalue weighted by Gasteiger charge is -2.13. The molecule has 0 aliphatic carbocycles. The van der Waals surface area contributed by atoms with Gasteiger partial charge in [-0.15, -0.1) is 34.4 Å². The molecule has 0 saturated carbocycles. The smallest absolute Gasteiger partial charge is 0.272 e. The van der Waals surface area contributed by atoms with E-state index < -0.39 is 11.8 Å². The number of hydrogen-bond acceptors (Lipinski definition) is 7. The number of carbonyl (C=O) groups excluding carboxylic acids is 3. The third-order valence-electron chi connectivity index (χ3n) is 5.82. The maximum Gasteiger partial charge on any atom is 0.272 e. The first-order chi connectivity index (χ1) is 20.9. The van der Waals surface area contributed by atoms with E-state index in [1.807, 2.05) is 22.9 Å². The lowest BCUT2D eigenvalue weighted by atomic mass is 10.1. The van der Waals surface area contributed by atoms with Crippen molar-refractivity contribution in [3.05, 3.63) is 123 Å². The highest BCUT2D eigenvalue weighted by molar-refractivity contribution is 8.00. The molecule has 43 heavy (non-hydrogen) atoms. The minimum Gasteiger partial charge on any atom is -0.321 e. The van der Waals surface area contributed by atoms with Crippen molar-refractivity contribution in [3.8, 4) is 10.6 Å². The molecule has 3 amide bonds. The number of thiazole rings is 1. The highest BCUT2D eigenvalue weighted by atomic mass is 35.5. The van der Waals surface area contributed by atoms with Crippen molar-refractivity contribution in [2.45, 2.75) is 4.90 Å². The van der Waals surface area contributed by atoms with Crippen LogP contribution < -0.4 is 16.0 Å². The Hall–Kier alpha value is -3.93. The van der Waals surface area contributed by atoms with Gasteiger partial charge < -0.3 is 16.0 Å². The number of halogens is 2. The van der Waals surface area contributed by atoms with Crippen molar-refractivity contribution in [2.24, 2.45) is 0 Å². The van der Waals surface area contributed by atoms with E-state index >= 15 is 0 Å². The van der Waals surface area contributed by atoms with E-state index in [2.05, 4.69) is 20.9 Å². The molecule has 0 saturated heterocycles. The van der Waals surface area contributed by atoms with E-state index in [9.17, 15) is 14.4 Å². The van der Waals surface area contributed by atoms with E-state index in [0.717, 1.165) is 15.5 Å². The molecule has 0 bridgehead atoms. The molecule has 0 radical (unpaired) electrons. The summed E-state index contributed by atoms with van der Waals surface area (Å²) >= 11 is 17.0. The molecule has 12 heteroatoms. The molecular formula is C31H22Cl2N4O3S3. The minimum atomic E-state index is -0.564. The Bertz CT molecular complexity index is 1750. The number of benzene rings is 3. The van der Waals surface area contributed by atoms with E-state index in [0.29, 0.717) is 32.0 Å². The Morgan fingerprint density at radius 2 is 1.58 bits per heavy atom. The molecule has 2 heterocycles. The fourth-order valence-electron chi connectivity index (χ4n) is 3.74. The van der Waals surface area contributed by atoms with Crippen molar-refractivity contribution < 1.29 is 14.4 Å². The third-order valence-corrected chi connectivity index (χ3v) is 9.14. The van der Waals surface area contributed by atoms with Gasteiger partial charge >= 0.3 is 0 Å². The predicted molar refractivity (Wildman–Crippen MR) is 178 cm³/mol. The van der Waals surface area contributed by atoms with Gasteiger partial charge in [0, 0.05) is 37.1 Å². The van der Waals surface area contributed by atoms with Crippen LogP contribution in [0.5, 0.6) is 0 Å². The molecule has 0 fully saturated rings. The molecule has 0 aliphatic heterocycles. The summed E-state index contributed by atoms with van der Waals surface area (Å²) in [6, 6.07) is 24.5. The zero-order valence-electron chi connectivity index (χ0n) is 22.2. The highest BCUT2D eigenvalue weighted by Crippen LogP contribution is 2.29. The second kappa shape index (κ2) is 14.5. The maximum absolute atomic E-state index is 13.3. The van der Waals surface area contributed by atoms with E-state index in [1.54, 1.807) is 84.1 Å². The molecule has 7 nitrogen and oxygen atoms in total. The minimum absolute atomic E-state index is 0.0385. The molecule has 0 aliphatic rings. The van der Waals surface area contributed by atoms with Crippen LogP contribution in [0.4, 0.5) is 10.8 Å². The second-order valence-electron chi connectivity index (χ2n) is 8.84. The Morgan fingerprint density at radius 1 is 0.837 bits per heavy atom. The molecular weight excluding hydrogens is 643 g/mol. The van der Waals surface area contributed by atoms with Crippen molar-refractivity contribution in [1.29, 1.82) is 0 Å². The number of hydrogen-bond donors (Lipinski definition) is 3. The van der Waals surface area contributed by atoms with E-state index in [4.69, 9.17) is 23.2 Å².